The maximum atomic E-state index is 10.7. The lowest BCUT2D eigenvalue weighted by atomic mass is 10.1. The van der Waals surface area contributed by atoms with E-state index < -0.39 is 4.92 Å². The number of ether oxygens (including phenoxy) is 2. The van der Waals surface area contributed by atoms with Crippen LogP contribution in [0.4, 0.5) is 5.69 Å². The van der Waals surface area contributed by atoms with Crippen molar-refractivity contribution in [1.82, 2.24) is 0 Å². The Hall–Kier alpha value is -1.78. The van der Waals surface area contributed by atoms with Crippen LogP contribution in [0.15, 0.2) is 12.1 Å². The lowest BCUT2D eigenvalue weighted by Gasteiger charge is -2.01. The Bertz CT molecular complexity index is 389. The minimum atomic E-state index is -0.402. The van der Waals surface area contributed by atoms with Crippen LogP contribution in [0.3, 0.4) is 0 Å². The maximum Gasteiger partial charge on any atom is 0.276 e. The summed E-state index contributed by atoms with van der Waals surface area (Å²) in [4.78, 5) is 10.3. The number of rotatable bonds is 2. The van der Waals surface area contributed by atoms with Gasteiger partial charge in [0.15, 0.2) is 11.5 Å². The van der Waals surface area contributed by atoms with E-state index >= 15 is 0 Å². The number of nitrogens with zero attached hydrogens (tertiary/aromatic N) is 1. The molecule has 0 fully saturated rings. The number of hydrogen-bond donors (Lipinski definition) is 0. The monoisotopic (exact) mass is 195 g/mol. The van der Waals surface area contributed by atoms with Crippen molar-refractivity contribution in [3.63, 3.8) is 0 Å². The molecule has 0 aromatic heterocycles. The van der Waals surface area contributed by atoms with E-state index in [2.05, 4.69) is 0 Å². The molecule has 1 aliphatic heterocycles. The number of fused-ring (bicyclic) bond motifs is 1. The predicted octanol–water partition coefficient (Wildman–Crippen LogP) is 1.89. The minimum absolute atomic E-state index is 0.0942. The average Bonchev–Trinajstić information content (AvgIpc) is 2.62. The molecule has 5 heteroatoms. The van der Waals surface area contributed by atoms with Crippen LogP contribution in [-0.2, 0) is 6.42 Å². The Morgan fingerprint density at radius 3 is 2.64 bits per heavy atom. The largest absolute Gasteiger partial charge is 0.454 e. The third-order valence-corrected chi connectivity index (χ3v) is 2.15. The van der Waals surface area contributed by atoms with Gasteiger partial charge in [-0.15, -0.1) is 0 Å². The molecule has 1 aromatic carbocycles. The van der Waals surface area contributed by atoms with Crippen molar-refractivity contribution in [3.8, 4) is 11.5 Å². The Morgan fingerprint density at radius 2 is 2.07 bits per heavy atom. The van der Waals surface area contributed by atoms with E-state index in [0.717, 1.165) is 0 Å². The summed E-state index contributed by atoms with van der Waals surface area (Å²) in [6.07, 6.45) is 0.604. The van der Waals surface area contributed by atoms with E-state index in [0.29, 0.717) is 23.5 Å². The van der Waals surface area contributed by atoms with Crippen LogP contribution in [0.25, 0.3) is 0 Å². The first-order valence-electron chi connectivity index (χ1n) is 4.29. The second-order valence-corrected chi connectivity index (χ2v) is 2.94. The number of aryl methyl sites for hydroxylation is 1. The van der Waals surface area contributed by atoms with Crippen LogP contribution in [0.1, 0.15) is 12.5 Å². The molecule has 1 heterocycles. The smallest absolute Gasteiger partial charge is 0.276 e. The minimum Gasteiger partial charge on any atom is -0.454 e. The van der Waals surface area contributed by atoms with E-state index in [1.807, 2.05) is 6.92 Å². The van der Waals surface area contributed by atoms with Crippen molar-refractivity contribution in [2.24, 2.45) is 0 Å². The Labute approximate surface area is 80.4 Å². The van der Waals surface area contributed by atoms with Crippen molar-refractivity contribution in [3.05, 3.63) is 27.8 Å². The third-order valence-electron chi connectivity index (χ3n) is 2.15. The van der Waals surface area contributed by atoms with E-state index in [4.69, 9.17) is 9.47 Å². The van der Waals surface area contributed by atoms with E-state index in [-0.39, 0.29) is 12.5 Å². The summed E-state index contributed by atoms with van der Waals surface area (Å²) >= 11 is 0. The summed E-state index contributed by atoms with van der Waals surface area (Å²) in [6, 6.07) is 3.08. The summed E-state index contributed by atoms with van der Waals surface area (Å²) in [6.45, 7) is 2.00. The van der Waals surface area contributed by atoms with Crippen LogP contribution in [0.2, 0.25) is 0 Å². The number of hydrogen-bond acceptors (Lipinski definition) is 4. The fraction of sp³-hybridized carbons (Fsp3) is 0.333. The average molecular weight is 195 g/mol. The first-order valence-corrected chi connectivity index (χ1v) is 4.29. The SMILES string of the molecule is CCc1cc2c(cc1[N+](=O)[O-])OCO2. The molecule has 0 saturated heterocycles. The zero-order valence-corrected chi connectivity index (χ0v) is 7.65. The summed E-state index contributed by atoms with van der Waals surface area (Å²) in [5, 5.41) is 10.7. The van der Waals surface area contributed by atoms with E-state index in [1.165, 1.54) is 6.07 Å². The van der Waals surface area contributed by atoms with Gasteiger partial charge in [-0.3, -0.25) is 10.1 Å². The van der Waals surface area contributed by atoms with Crippen molar-refractivity contribution < 1.29 is 14.4 Å². The Morgan fingerprint density at radius 1 is 1.43 bits per heavy atom. The molecule has 0 aliphatic carbocycles. The highest BCUT2D eigenvalue weighted by Gasteiger charge is 2.21. The molecule has 0 atom stereocenters. The highest BCUT2D eigenvalue weighted by molar-refractivity contribution is 5.55. The van der Waals surface area contributed by atoms with Crippen LogP contribution in [0.5, 0.6) is 11.5 Å². The molecular weight excluding hydrogens is 186 g/mol. The molecular formula is C9H9NO4. The maximum absolute atomic E-state index is 10.7. The predicted molar refractivity (Wildman–Crippen MR) is 48.6 cm³/mol. The summed E-state index contributed by atoms with van der Waals surface area (Å²) < 4.78 is 10.2. The molecule has 0 amide bonds. The number of nitro groups is 1. The van der Waals surface area contributed by atoms with Gasteiger partial charge in [-0.05, 0) is 12.5 Å². The molecule has 0 saturated carbocycles. The molecule has 0 bridgehead atoms. The van der Waals surface area contributed by atoms with Crippen LogP contribution in [-0.4, -0.2) is 11.7 Å². The molecule has 14 heavy (non-hydrogen) atoms. The topological polar surface area (TPSA) is 61.6 Å². The van der Waals surface area contributed by atoms with E-state index in [1.54, 1.807) is 6.07 Å². The molecule has 0 radical (unpaired) electrons. The standard InChI is InChI=1S/C9H9NO4/c1-2-6-3-8-9(14-5-13-8)4-7(6)10(11)12/h3-4H,2,5H2,1H3. The number of benzene rings is 1. The van der Waals surface area contributed by atoms with Crippen LogP contribution >= 0.6 is 0 Å². The van der Waals surface area contributed by atoms with Gasteiger partial charge in [0.1, 0.15) is 0 Å². The fourth-order valence-corrected chi connectivity index (χ4v) is 1.43. The molecule has 74 valence electrons. The summed E-state index contributed by atoms with van der Waals surface area (Å²) in [5.41, 5.74) is 0.760. The van der Waals surface area contributed by atoms with Gasteiger partial charge in [-0.25, -0.2) is 0 Å². The zero-order chi connectivity index (χ0) is 10.1. The quantitative estimate of drug-likeness (QED) is 0.534. The highest BCUT2D eigenvalue weighted by atomic mass is 16.7. The molecule has 1 aromatic rings. The first-order chi connectivity index (χ1) is 6.72. The molecule has 5 nitrogen and oxygen atoms in total. The Kier molecular flexibility index (Phi) is 1.99. The van der Waals surface area contributed by atoms with Crippen molar-refractivity contribution in [2.45, 2.75) is 13.3 Å². The normalized spacial score (nSPS) is 12.9. The molecule has 0 N–H and O–H groups in total. The zero-order valence-electron chi connectivity index (χ0n) is 7.65. The van der Waals surface area contributed by atoms with Gasteiger partial charge in [0, 0.05) is 5.56 Å². The summed E-state index contributed by atoms with van der Waals surface area (Å²) in [5.74, 6) is 1.04. The van der Waals surface area contributed by atoms with Gasteiger partial charge in [-0.2, -0.15) is 0 Å². The fourth-order valence-electron chi connectivity index (χ4n) is 1.43. The molecule has 0 spiro atoms. The second-order valence-electron chi connectivity index (χ2n) is 2.94. The van der Waals surface area contributed by atoms with Gasteiger partial charge >= 0.3 is 0 Å². The molecule has 0 unspecified atom stereocenters. The van der Waals surface area contributed by atoms with Gasteiger partial charge < -0.3 is 9.47 Å². The molecule has 1 aliphatic rings. The summed E-state index contributed by atoms with van der Waals surface area (Å²) in [7, 11) is 0. The lowest BCUT2D eigenvalue weighted by Crippen LogP contribution is -1.94. The Balaban J connectivity index is 2.54. The van der Waals surface area contributed by atoms with Gasteiger partial charge in [0.05, 0.1) is 11.0 Å². The van der Waals surface area contributed by atoms with E-state index in [9.17, 15) is 10.1 Å². The van der Waals surface area contributed by atoms with Gasteiger partial charge in [0.2, 0.25) is 6.79 Å². The second kappa shape index (κ2) is 3.17. The van der Waals surface area contributed by atoms with Crippen molar-refractivity contribution in [1.29, 1.82) is 0 Å². The van der Waals surface area contributed by atoms with Crippen molar-refractivity contribution >= 4 is 5.69 Å². The van der Waals surface area contributed by atoms with Crippen LogP contribution < -0.4 is 9.47 Å². The highest BCUT2D eigenvalue weighted by Crippen LogP contribution is 2.37. The van der Waals surface area contributed by atoms with Crippen LogP contribution in [0, 0.1) is 10.1 Å². The lowest BCUT2D eigenvalue weighted by molar-refractivity contribution is -0.385. The first kappa shape index (κ1) is 8.80. The number of nitro benzene ring substituents is 1. The van der Waals surface area contributed by atoms with Crippen molar-refractivity contribution in [2.75, 3.05) is 6.79 Å². The van der Waals surface area contributed by atoms with Gasteiger partial charge in [-0.1, -0.05) is 6.92 Å². The third kappa shape index (κ3) is 1.26. The van der Waals surface area contributed by atoms with Gasteiger partial charge in [0.25, 0.3) is 5.69 Å². The molecule has 2 rings (SSSR count).